The summed E-state index contributed by atoms with van der Waals surface area (Å²) in [6, 6.07) is 13.0. The molecule has 0 radical (unpaired) electrons. The Morgan fingerprint density at radius 2 is 2.00 bits per heavy atom. The molecule has 30 heavy (non-hydrogen) atoms. The monoisotopic (exact) mass is 422 g/mol. The number of para-hydroxylation sites is 2. The van der Waals surface area contributed by atoms with Crippen LogP contribution in [0.4, 0.5) is 0 Å². The number of rotatable bonds is 7. The number of pyridine rings is 1. The zero-order valence-corrected chi connectivity index (χ0v) is 17.8. The summed E-state index contributed by atoms with van der Waals surface area (Å²) in [5.74, 6) is 1.64. The van der Waals surface area contributed by atoms with Gasteiger partial charge in [-0.2, -0.15) is 5.10 Å². The summed E-state index contributed by atoms with van der Waals surface area (Å²) in [5.41, 5.74) is 1.81. The quantitative estimate of drug-likeness (QED) is 0.476. The summed E-state index contributed by atoms with van der Waals surface area (Å²) >= 11 is 1.44. The first-order valence-electron chi connectivity index (χ1n) is 9.61. The van der Waals surface area contributed by atoms with Crippen LogP contribution < -0.4 is 14.8 Å². The third kappa shape index (κ3) is 4.13. The first-order chi connectivity index (χ1) is 14.5. The number of aryl methyl sites for hydroxylation is 2. The molecule has 0 bridgehead atoms. The molecule has 0 fully saturated rings. The van der Waals surface area contributed by atoms with Gasteiger partial charge in [-0.3, -0.25) is 9.48 Å². The topological polar surface area (TPSA) is 78.3 Å². The molecule has 8 heteroatoms. The molecule has 7 nitrogen and oxygen atoms in total. The van der Waals surface area contributed by atoms with Crippen LogP contribution in [0.5, 0.6) is 17.4 Å². The van der Waals surface area contributed by atoms with E-state index in [4.69, 9.17) is 9.47 Å². The molecule has 0 aliphatic rings. The minimum Gasteiger partial charge on any atom is -0.490 e. The maximum absolute atomic E-state index is 12.5. The molecule has 1 N–H and O–H groups in total. The van der Waals surface area contributed by atoms with E-state index in [1.54, 1.807) is 16.9 Å². The summed E-state index contributed by atoms with van der Waals surface area (Å²) in [7, 11) is 1.88. The molecule has 0 saturated heterocycles. The lowest BCUT2D eigenvalue weighted by atomic mass is 10.2. The van der Waals surface area contributed by atoms with Crippen molar-refractivity contribution in [2.45, 2.75) is 20.4 Å². The highest BCUT2D eigenvalue weighted by atomic mass is 32.1. The van der Waals surface area contributed by atoms with Crippen molar-refractivity contribution in [2.75, 3.05) is 6.61 Å². The van der Waals surface area contributed by atoms with E-state index in [0.29, 0.717) is 35.4 Å². The number of aromatic nitrogens is 3. The second-order valence-corrected chi connectivity index (χ2v) is 7.74. The van der Waals surface area contributed by atoms with Gasteiger partial charge in [-0.05, 0) is 37.6 Å². The maximum atomic E-state index is 12.5. The van der Waals surface area contributed by atoms with Crippen LogP contribution in [0.1, 0.15) is 27.9 Å². The predicted octanol–water partition coefficient (Wildman–Crippen LogP) is 4.46. The van der Waals surface area contributed by atoms with E-state index in [9.17, 15) is 4.79 Å². The number of hydrogen-bond acceptors (Lipinski definition) is 6. The molecule has 0 spiro atoms. The van der Waals surface area contributed by atoms with Crippen molar-refractivity contribution in [2.24, 2.45) is 7.05 Å². The van der Waals surface area contributed by atoms with Gasteiger partial charge in [-0.15, -0.1) is 11.3 Å². The summed E-state index contributed by atoms with van der Waals surface area (Å²) < 4.78 is 13.2. The molecular formula is C22H22N4O3S. The lowest BCUT2D eigenvalue weighted by Gasteiger charge is -2.11. The van der Waals surface area contributed by atoms with E-state index in [1.165, 1.54) is 11.3 Å². The highest BCUT2D eigenvalue weighted by Gasteiger charge is 2.15. The number of ether oxygens (including phenoxy) is 2. The van der Waals surface area contributed by atoms with Crippen molar-refractivity contribution < 1.29 is 14.3 Å². The number of carbonyl (C=O) groups is 1. The lowest BCUT2D eigenvalue weighted by molar-refractivity contribution is 0.0955. The van der Waals surface area contributed by atoms with Crippen LogP contribution in [0.25, 0.3) is 10.2 Å². The van der Waals surface area contributed by atoms with E-state index in [0.717, 1.165) is 21.5 Å². The van der Waals surface area contributed by atoms with E-state index in [-0.39, 0.29) is 5.91 Å². The van der Waals surface area contributed by atoms with Crippen LogP contribution in [0.3, 0.4) is 0 Å². The van der Waals surface area contributed by atoms with E-state index >= 15 is 0 Å². The van der Waals surface area contributed by atoms with Crippen molar-refractivity contribution in [1.82, 2.24) is 20.1 Å². The molecule has 0 aliphatic heterocycles. The van der Waals surface area contributed by atoms with Gasteiger partial charge in [0.2, 0.25) is 5.88 Å². The zero-order valence-electron chi connectivity index (χ0n) is 17.0. The minimum atomic E-state index is -0.110. The second kappa shape index (κ2) is 8.54. The Kier molecular flexibility index (Phi) is 5.67. The number of nitrogens with zero attached hydrogens (tertiary/aromatic N) is 3. The smallest absolute Gasteiger partial charge is 0.261 e. The fourth-order valence-corrected chi connectivity index (χ4v) is 4.12. The normalized spacial score (nSPS) is 10.9. The molecule has 1 amide bonds. The average Bonchev–Trinajstić information content (AvgIpc) is 3.30. The molecule has 154 valence electrons. The first-order valence-corrected chi connectivity index (χ1v) is 10.4. The van der Waals surface area contributed by atoms with E-state index in [1.807, 2.05) is 57.3 Å². The highest BCUT2D eigenvalue weighted by Crippen LogP contribution is 2.30. The summed E-state index contributed by atoms with van der Waals surface area (Å²) in [5, 5.41) is 8.32. The molecule has 0 atom stereocenters. The molecule has 3 heterocycles. The fourth-order valence-electron chi connectivity index (χ4n) is 3.08. The number of fused-ring (bicyclic) bond motifs is 1. The molecule has 3 aromatic heterocycles. The van der Waals surface area contributed by atoms with Crippen LogP contribution in [0.15, 0.2) is 48.7 Å². The Labute approximate surface area is 178 Å². The molecular weight excluding hydrogens is 400 g/mol. The molecule has 4 rings (SSSR count). The Balaban J connectivity index is 1.38. The van der Waals surface area contributed by atoms with Gasteiger partial charge in [0.25, 0.3) is 5.91 Å². The van der Waals surface area contributed by atoms with Crippen molar-refractivity contribution in [3.8, 4) is 17.4 Å². The minimum absolute atomic E-state index is 0.110. The third-order valence-corrected chi connectivity index (χ3v) is 5.73. The fraction of sp³-hybridized carbons (Fsp3) is 0.227. The van der Waals surface area contributed by atoms with Gasteiger partial charge in [0, 0.05) is 31.2 Å². The lowest BCUT2D eigenvalue weighted by Crippen LogP contribution is -2.21. The van der Waals surface area contributed by atoms with Gasteiger partial charge in [-0.1, -0.05) is 18.2 Å². The van der Waals surface area contributed by atoms with Gasteiger partial charge in [0.15, 0.2) is 11.5 Å². The Morgan fingerprint density at radius 3 is 2.70 bits per heavy atom. The molecule has 0 saturated carbocycles. The molecule has 4 aromatic rings. The first kappa shape index (κ1) is 19.9. The number of benzene rings is 1. The Morgan fingerprint density at radius 1 is 1.20 bits per heavy atom. The van der Waals surface area contributed by atoms with Gasteiger partial charge < -0.3 is 14.8 Å². The summed E-state index contributed by atoms with van der Waals surface area (Å²) in [6.07, 6.45) is 1.69. The predicted molar refractivity (Wildman–Crippen MR) is 116 cm³/mol. The summed E-state index contributed by atoms with van der Waals surface area (Å²) in [6.45, 7) is 4.81. The van der Waals surface area contributed by atoms with E-state index < -0.39 is 0 Å². The van der Waals surface area contributed by atoms with Gasteiger partial charge in [0.05, 0.1) is 17.2 Å². The van der Waals surface area contributed by atoms with Gasteiger partial charge in [-0.25, -0.2) is 4.98 Å². The maximum Gasteiger partial charge on any atom is 0.261 e. The van der Waals surface area contributed by atoms with Crippen LogP contribution in [-0.4, -0.2) is 27.3 Å². The number of amides is 1. The number of thiophene rings is 1. The van der Waals surface area contributed by atoms with Crippen molar-refractivity contribution in [3.05, 3.63) is 64.8 Å². The van der Waals surface area contributed by atoms with Crippen LogP contribution in [0, 0.1) is 6.92 Å². The van der Waals surface area contributed by atoms with Crippen LogP contribution in [0.2, 0.25) is 0 Å². The van der Waals surface area contributed by atoms with Crippen LogP contribution >= 0.6 is 11.3 Å². The second-order valence-electron chi connectivity index (χ2n) is 6.71. The van der Waals surface area contributed by atoms with E-state index in [2.05, 4.69) is 15.4 Å². The van der Waals surface area contributed by atoms with Gasteiger partial charge in [0.1, 0.15) is 4.83 Å². The third-order valence-electron chi connectivity index (χ3n) is 4.53. The molecule has 1 aromatic carbocycles. The Hall–Kier alpha value is -3.39. The largest absolute Gasteiger partial charge is 0.490 e. The number of nitrogens with one attached hydrogen (secondary N) is 1. The van der Waals surface area contributed by atoms with Crippen molar-refractivity contribution in [1.29, 1.82) is 0 Å². The average molecular weight is 423 g/mol. The SMILES string of the molecule is CCOc1ccccc1Oc1ccc(CNC(=O)c2cc3c(C)nn(C)c3s2)cn1. The summed E-state index contributed by atoms with van der Waals surface area (Å²) in [4.78, 5) is 18.5. The highest BCUT2D eigenvalue weighted by molar-refractivity contribution is 7.20. The Bertz CT molecular complexity index is 1150. The molecule has 0 aliphatic carbocycles. The number of carbonyl (C=O) groups excluding carboxylic acids is 1. The van der Waals surface area contributed by atoms with Gasteiger partial charge >= 0.3 is 0 Å². The van der Waals surface area contributed by atoms with Crippen LogP contribution in [-0.2, 0) is 13.6 Å². The standard InChI is InChI=1S/C22H22N4O3S/c1-4-28-17-7-5-6-8-18(17)29-20-10-9-15(12-23-20)13-24-21(27)19-11-16-14(2)25-26(3)22(16)30-19/h5-12H,4,13H2,1-3H3,(H,24,27). The number of hydrogen-bond donors (Lipinski definition) is 1. The molecule has 0 unspecified atom stereocenters. The van der Waals surface area contributed by atoms with Crippen molar-refractivity contribution >= 4 is 27.5 Å². The van der Waals surface area contributed by atoms with Crippen molar-refractivity contribution in [3.63, 3.8) is 0 Å². The zero-order chi connectivity index (χ0) is 21.1.